The standard InChI is InChI=1S/C12H24N2O2.ClH/c1-3-9(4-2)11(15)8-14-12(16)10-6-5-7-13-10;/h9-11,13,15H,3-8H2,1-2H3,(H,14,16);1H. The molecule has 0 aromatic carbocycles. The number of halogens is 1. The van der Waals surface area contributed by atoms with E-state index in [1.54, 1.807) is 0 Å². The molecule has 0 aliphatic carbocycles. The molecule has 0 spiro atoms. The van der Waals surface area contributed by atoms with Crippen LogP contribution in [0, 0.1) is 5.92 Å². The Morgan fingerprint density at radius 1 is 1.47 bits per heavy atom. The molecule has 1 saturated heterocycles. The maximum atomic E-state index is 11.7. The normalized spacial score (nSPS) is 21.1. The maximum absolute atomic E-state index is 11.7. The third kappa shape index (κ3) is 5.23. The third-order valence-corrected chi connectivity index (χ3v) is 3.46. The number of rotatable bonds is 6. The number of carbonyl (C=O) groups excluding carboxylic acids is 1. The van der Waals surface area contributed by atoms with Crippen LogP contribution in [0.1, 0.15) is 39.5 Å². The second-order valence-electron chi connectivity index (χ2n) is 4.54. The molecule has 1 heterocycles. The average Bonchev–Trinajstić information content (AvgIpc) is 2.81. The summed E-state index contributed by atoms with van der Waals surface area (Å²) >= 11 is 0. The van der Waals surface area contributed by atoms with Gasteiger partial charge in [0.2, 0.25) is 5.91 Å². The van der Waals surface area contributed by atoms with Gasteiger partial charge < -0.3 is 15.7 Å². The molecule has 2 atom stereocenters. The Bertz CT molecular complexity index is 217. The van der Waals surface area contributed by atoms with Crippen LogP contribution in [0.3, 0.4) is 0 Å². The number of aliphatic hydroxyl groups is 1. The van der Waals surface area contributed by atoms with Crippen LogP contribution in [0.25, 0.3) is 0 Å². The summed E-state index contributed by atoms with van der Waals surface area (Å²) in [4.78, 5) is 11.7. The molecule has 17 heavy (non-hydrogen) atoms. The van der Waals surface area contributed by atoms with Crippen LogP contribution in [0.4, 0.5) is 0 Å². The smallest absolute Gasteiger partial charge is 0.237 e. The van der Waals surface area contributed by atoms with Gasteiger partial charge in [-0.25, -0.2) is 0 Å². The van der Waals surface area contributed by atoms with Gasteiger partial charge >= 0.3 is 0 Å². The Hall–Kier alpha value is -0.320. The van der Waals surface area contributed by atoms with Gasteiger partial charge in [-0.15, -0.1) is 12.4 Å². The molecule has 1 rings (SSSR count). The quantitative estimate of drug-likeness (QED) is 0.673. The van der Waals surface area contributed by atoms with Crippen molar-refractivity contribution in [1.29, 1.82) is 0 Å². The molecule has 4 nitrogen and oxygen atoms in total. The Balaban J connectivity index is 0.00000256. The van der Waals surface area contributed by atoms with Crippen LogP contribution >= 0.6 is 12.4 Å². The highest BCUT2D eigenvalue weighted by Gasteiger charge is 2.23. The van der Waals surface area contributed by atoms with Crippen molar-refractivity contribution in [3.8, 4) is 0 Å². The van der Waals surface area contributed by atoms with Gasteiger partial charge in [0.25, 0.3) is 0 Å². The van der Waals surface area contributed by atoms with Crippen molar-refractivity contribution < 1.29 is 9.90 Å². The average molecular weight is 265 g/mol. The van der Waals surface area contributed by atoms with E-state index in [0.717, 1.165) is 32.2 Å². The highest BCUT2D eigenvalue weighted by atomic mass is 35.5. The summed E-state index contributed by atoms with van der Waals surface area (Å²) in [5.74, 6) is 0.319. The van der Waals surface area contributed by atoms with Gasteiger partial charge in [0.05, 0.1) is 12.1 Å². The van der Waals surface area contributed by atoms with Crippen LogP contribution in [0.15, 0.2) is 0 Å². The highest BCUT2D eigenvalue weighted by molar-refractivity contribution is 5.85. The Kier molecular flexibility index (Phi) is 8.56. The summed E-state index contributed by atoms with van der Waals surface area (Å²) < 4.78 is 0. The van der Waals surface area contributed by atoms with Crippen LogP contribution < -0.4 is 10.6 Å². The van der Waals surface area contributed by atoms with Crippen molar-refractivity contribution in [2.75, 3.05) is 13.1 Å². The van der Waals surface area contributed by atoms with E-state index in [2.05, 4.69) is 24.5 Å². The second kappa shape index (κ2) is 8.72. The lowest BCUT2D eigenvalue weighted by Crippen LogP contribution is -2.44. The van der Waals surface area contributed by atoms with Gasteiger partial charge in [0.1, 0.15) is 0 Å². The summed E-state index contributed by atoms with van der Waals surface area (Å²) in [6.45, 7) is 5.44. The van der Waals surface area contributed by atoms with Crippen LogP contribution in [0.5, 0.6) is 0 Å². The zero-order chi connectivity index (χ0) is 12.0. The molecule has 3 N–H and O–H groups in total. The van der Waals surface area contributed by atoms with E-state index >= 15 is 0 Å². The first-order valence-electron chi connectivity index (χ1n) is 6.38. The topological polar surface area (TPSA) is 61.4 Å². The van der Waals surface area contributed by atoms with Gasteiger partial charge in [0, 0.05) is 6.54 Å². The molecule has 5 heteroatoms. The molecular formula is C12H25ClN2O2. The molecule has 1 aliphatic rings. The number of hydrogen-bond acceptors (Lipinski definition) is 3. The number of aliphatic hydroxyl groups excluding tert-OH is 1. The maximum Gasteiger partial charge on any atom is 0.237 e. The number of hydrogen-bond donors (Lipinski definition) is 3. The van der Waals surface area contributed by atoms with Crippen molar-refractivity contribution >= 4 is 18.3 Å². The van der Waals surface area contributed by atoms with E-state index < -0.39 is 6.10 Å². The lowest BCUT2D eigenvalue weighted by molar-refractivity contribution is -0.123. The largest absolute Gasteiger partial charge is 0.391 e. The summed E-state index contributed by atoms with van der Waals surface area (Å²) in [5.41, 5.74) is 0. The number of amides is 1. The minimum Gasteiger partial charge on any atom is -0.391 e. The van der Waals surface area contributed by atoms with Crippen molar-refractivity contribution in [2.45, 2.75) is 51.7 Å². The molecule has 0 aromatic heterocycles. The third-order valence-electron chi connectivity index (χ3n) is 3.46. The summed E-state index contributed by atoms with van der Waals surface area (Å²) in [7, 11) is 0. The Morgan fingerprint density at radius 2 is 2.12 bits per heavy atom. The fourth-order valence-corrected chi connectivity index (χ4v) is 2.24. The van der Waals surface area contributed by atoms with E-state index in [-0.39, 0.29) is 30.3 Å². The summed E-state index contributed by atoms with van der Waals surface area (Å²) in [5, 5.41) is 15.8. The van der Waals surface area contributed by atoms with Gasteiger partial charge in [-0.1, -0.05) is 26.7 Å². The van der Waals surface area contributed by atoms with Gasteiger partial charge in [-0.3, -0.25) is 4.79 Å². The first kappa shape index (κ1) is 16.7. The minimum atomic E-state index is -0.416. The predicted molar refractivity (Wildman–Crippen MR) is 71.4 cm³/mol. The van der Waals surface area contributed by atoms with Gasteiger partial charge in [-0.05, 0) is 25.3 Å². The lowest BCUT2D eigenvalue weighted by Gasteiger charge is -2.21. The number of carbonyl (C=O) groups is 1. The molecule has 1 aliphatic heterocycles. The van der Waals surface area contributed by atoms with Crippen molar-refractivity contribution in [2.24, 2.45) is 5.92 Å². The Labute approximate surface area is 110 Å². The van der Waals surface area contributed by atoms with Gasteiger partial charge in [-0.2, -0.15) is 0 Å². The molecule has 1 fully saturated rings. The fourth-order valence-electron chi connectivity index (χ4n) is 2.24. The van der Waals surface area contributed by atoms with E-state index in [4.69, 9.17) is 0 Å². The molecule has 0 aromatic rings. The fraction of sp³-hybridized carbons (Fsp3) is 0.917. The molecule has 0 saturated carbocycles. The van der Waals surface area contributed by atoms with E-state index in [1.165, 1.54) is 0 Å². The van der Waals surface area contributed by atoms with E-state index in [0.29, 0.717) is 6.54 Å². The number of nitrogens with one attached hydrogen (secondary N) is 2. The van der Waals surface area contributed by atoms with Crippen LogP contribution in [-0.2, 0) is 4.79 Å². The van der Waals surface area contributed by atoms with Crippen molar-refractivity contribution in [3.63, 3.8) is 0 Å². The van der Waals surface area contributed by atoms with Crippen molar-refractivity contribution in [1.82, 2.24) is 10.6 Å². The highest BCUT2D eigenvalue weighted by Crippen LogP contribution is 2.12. The predicted octanol–water partition coefficient (Wildman–Crippen LogP) is 1.07. The molecule has 0 bridgehead atoms. The Morgan fingerprint density at radius 3 is 2.59 bits per heavy atom. The zero-order valence-corrected chi connectivity index (χ0v) is 11.6. The molecule has 102 valence electrons. The molecule has 1 amide bonds. The van der Waals surface area contributed by atoms with Crippen LogP contribution in [0.2, 0.25) is 0 Å². The molecular weight excluding hydrogens is 240 g/mol. The minimum absolute atomic E-state index is 0. The summed E-state index contributed by atoms with van der Waals surface area (Å²) in [6, 6.07) is -0.0473. The van der Waals surface area contributed by atoms with Crippen LogP contribution in [-0.4, -0.2) is 36.2 Å². The SMILES string of the molecule is CCC(CC)C(O)CNC(=O)C1CCCN1.Cl. The second-order valence-corrected chi connectivity index (χ2v) is 4.54. The molecule has 0 radical (unpaired) electrons. The first-order valence-corrected chi connectivity index (χ1v) is 6.38. The van der Waals surface area contributed by atoms with Crippen molar-refractivity contribution in [3.05, 3.63) is 0 Å². The summed E-state index contributed by atoms with van der Waals surface area (Å²) in [6.07, 6.45) is 3.46. The van der Waals surface area contributed by atoms with E-state index in [1.807, 2.05) is 0 Å². The first-order chi connectivity index (χ1) is 7.69. The zero-order valence-electron chi connectivity index (χ0n) is 10.7. The lowest BCUT2D eigenvalue weighted by atomic mass is 9.96. The van der Waals surface area contributed by atoms with Gasteiger partial charge in [0.15, 0.2) is 0 Å². The molecule has 2 unspecified atom stereocenters. The monoisotopic (exact) mass is 264 g/mol. The van der Waals surface area contributed by atoms with E-state index in [9.17, 15) is 9.90 Å².